The fourth-order valence-corrected chi connectivity index (χ4v) is 4.72. The van der Waals surface area contributed by atoms with Gasteiger partial charge >= 0.3 is 0 Å². The van der Waals surface area contributed by atoms with E-state index >= 15 is 0 Å². The third-order valence-corrected chi connectivity index (χ3v) is 6.67. The number of hydrogen-bond donors (Lipinski definition) is 1. The minimum atomic E-state index is -0.344. The third kappa shape index (κ3) is 4.55. The van der Waals surface area contributed by atoms with E-state index in [0.717, 1.165) is 15.5 Å². The lowest BCUT2D eigenvalue weighted by molar-refractivity contribution is 0.102. The van der Waals surface area contributed by atoms with Crippen LogP contribution in [0.3, 0.4) is 0 Å². The second kappa shape index (κ2) is 8.78. The molecule has 1 amide bonds. The van der Waals surface area contributed by atoms with E-state index in [4.69, 9.17) is 16.9 Å². The number of halogens is 1. The highest BCUT2D eigenvalue weighted by Gasteiger charge is 2.22. The van der Waals surface area contributed by atoms with Crippen LogP contribution < -0.4 is 5.32 Å². The van der Waals surface area contributed by atoms with Crippen molar-refractivity contribution >= 4 is 45.7 Å². The first kappa shape index (κ1) is 20.4. The number of nitriles is 1. The molecular formula is C19H18ClN5OS2. The minimum absolute atomic E-state index is 0.294. The Bertz CT molecular complexity index is 1050. The van der Waals surface area contributed by atoms with E-state index in [0.29, 0.717) is 33.8 Å². The van der Waals surface area contributed by atoms with Crippen molar-refractivity contribution < 1.29 is 4.79 Å². The molecule has 0 aliphatic carbocycles. The molecule has 0 aliphatic heterocycles. The lowest BCUT2D eigenvalue weighted by Crippen LogP contribution is -2.13. The molecule has 0 aliphatic rings. The summed E-state index contributed by atoms with van der Waals surface area (Å²) in [6.07, 6.45) is 0. The first-order valence-electron chi connectivity index (χ1n) is 8.46. The SMILES string of the molecule is Cc1ccc(Cn2nc(C)c(C(=O)Nc3nc(C)c(SCC#N)s3)c2Cl)cc1. The molecule has 3 aromatic rings. The van der Waals surface area contributed by atoms with Crippen LogP contribution >= 0.6 is 34.7 Å². The number of thioether (sulfide) groups is 1. The van der Waals surface area contributed by atoms with Gasteiger partial charge in [-0.25, -0.2) is 9.67 Å². The van der Waals surface area contributed by atoms with Crippen LogP contribution in [-0.2, 0) is 6.54 Å². The van der Waals surface area contributed by atoms with Crippen LogP contribution in [0.5, 0.6) is 0 Å². The Hall–Kier alpha value is -2.34. The molecule has 9 heteroatoms. The summed E-state index contributed by atoms with van der Waals surface area (Å²) < 4.78 is 2.53. The number of aromatic nitrogens is 3. The topological polar surface area (TPSA) is 83.6 Å². The lowest BCUT2D eigenvalue weighted by Gasteiger charge is -2.05. The van der Waals surface area contributed by atoms with Gasteiger partial charge in [-0.2, -0.15) is 10.4 Å². The molecule has 2 heterocycles. The number of benzene rings is 1. The monoisotopic (exact) mass is 431 g/mol. The Balaban J connectivity index is 1.78. The number of nitrogens with one attached hydrogen (secondary N) is 1. The fourth-order valence-electron chi connectivity index (χ4n) is 2.61. The number of anilines is 1. The van der Waals surface area contributed by atoms with E-state index in [2.05, 4.69) is 21.5 Å². The predicted molar refractivity (Wildman–Crippen MR) is 113 cm³/mol. The smallest absolute Gasteiger partial charge is 0.262 e. The van der Waals surface area contributed by atoms with Crippen LogP contribution in [0, 0.1) is 32.1 Å². The maximum absolute atomic E-state index is 12.8. The third-order valence-electron chi connectivity index (χ3n) is 3.99. The van der Waals surface area contributed by atoms with Crippen LogP contribution in [0.25, 0.3) is 0 Å². The molecule has 0 saturated carbocycles. The molecule has 1 aromatic carbocycles. The van der Waals surface area contributed by atoms with Crippen molar-refractivity contribution in [3.63, 3.8) is 0 Å². The van der Waals surface area contributed by atoms with Crippen LogP contribution in [-0.4, -0.2) is 26.4 Å². The van der Waals surface area contributed by atoms with Gasteiger partial charge in [0.15, 0.2) is 5.13 Å². The Kier molecular flexibility index (Phi) is 6.39. The Labute approximate surface area is 176 Å². The van der Waals surface area contributed by atoms with E-state index < -0.39 is 0 Å². The molecule has 0 unspecified atom stereocenters. The highest BCUT2D eigenvalue weighted by Crippen LogP contribution is 2.32. The molecule has 0 bridgehead atoms. The number of carbonyl (C=O) groups excluding carboxylic acids is 1. The summed E-state index contributed by atoms with van der Waals surface area (Å²) in [7, 11) is 0. The van der Waals surface area contributed by atoms with Crippen molar-refractivity contribution in [2.75, 3.05) is 11.1 Å². The molecule has 0 spiro atoms. The maximum atomic E-state index is 12.8. The van der Waals surface area contributed by atoms with Crippen LogP contribution in [0.2, 0.25) is 5.15 Å². The number of aryl methyl sites for hydroxylation is 3. The average molecular weight is 432 g/mol. The van der Waals surface area contributed by atoms with E-state index in [1.165, 1.54) is 28.7 Å². The van der Waals surface area contributed by atoms with Crippen LogP contribution in [0.15, 0.2) is 28.5 Å². The molecule has 0 fully saturated rings. The minimum Gasteiger partial charge on any atom is -0.298 e. The normalized spacial score (nSPS) is 10.7. The zero-order valence-electron chi connectivity index (χ0n) is 15.6. The van der Waals surface area contributed by atoms with Gasteiger partial charge in [0.2, 0.25) is 0 Å². The maximum Gasteiger partial charge on any atom is 0.262 e. The summed E-state index contributed by atoms with van der Waals surface area (Å²) in [6, 6.07) is 10.2. The average Bonchev–Trinajstić information content (AvgIpc) is 3.13. The quantitative estimate of drug-likeness (QED) is 0.565. The van der Waals surface area contributed by atoms with Crippen LogP contribution in [0.4, 0.5) is 5.13 Å². The first-order valence-corrected chi connectivity index (χ1v) is 10.6. The van der Waals surface area contributed by atoms with Crippen molar-refractivity contribution in [2.45, 2.75) is 31.5 Å². The Morgan fingerprint density at radius 1 is 1.29 bits per heavy atom. The summed E-state index contributed by atoms with van der Waals surface area (Å²) in [5.74, 6) is -0.00381. The largest absolute Gasteiger partial charge is 0.298 e. The van der Waals surface area contributed by atoms with Crippen molar-refractivity contribution in [1.82, 2.24) is 14.8 Å². The summed E-state index contributed by atoms with van der Waals surface area (Å²) in [6.45, 7) is 6.12. The van der Waals surface area contributed by atoms with E-state index in [-0.39, 0.29) is 5.91 Å². The van der Waals surface area contributed by atoms with Gasteiger partial charge in [-0.3, -0.25) is 10.1 Å². The van der Waals surface area contributed by atoms with Crippen molar-refractivity contribution in [2.24, 2.45) is 0 Å². The van der Waals surface area contributed by atoms with Gasteiger partial charge in [-0.05, 0) is 26.3 Å². The predicted octanol–water partition coefficient (Wildman–Crippen LogP) is 4.83. The summed E-state index contributed by atoms with van der Waals surface area (Å²) in [4.78, 5) is 17.1. The second-order valence-corrected chi connectivity index (χ2v) is 8.79. The number of rotatable bonds is 6. The van der Waals surface area contributed by atoms with Gasteiger partial charge in [0.1, 0.15) is 5.15 Å². The van der Waals surface area contributed by atoms with Crippen molar-refractivity contribution in [3.05, 3.63) is 57.5 Å². The van der Waals surface area contributed by atoms with Gasteiger partial charge in [0.25, 0.3) is 5.91 Å². The van der Waals surface area contributed by atoms with Crippen LogP contribution in [0.1, 0.15) is 32.9 Å². The molecule has 0 radical (unpaired) electrons. The van der Waals surface area contributed by atoms with Gasteiger partial charge < -0.3 is 0 Å². The van der Waals surface area contributed by atoms with Crippen molar-refractivity contribution in [1.29, 1.82) is 5.26 Å². The Morgan fingerprint density at radius 3 is 2.68 bits per heavy atom. The van der Waals surface area contributed by atoms with E-state index in [1.54, 1.807) is 11.6 Å². The lowest BCUT2D eigenvalue weighted by atomic mass is 10.1. The number of hydrogen-bond acceptors (Lipinski definition) is 6. The fraction of sp³-hybridized carbons (Fsp3) is 0.263. The molecule has 2 aromatic heterocycles. The number of thiazole rings is 1. The zero-order valence-corrected chi connectivity index (χ0v) is 18.0. The van der Waals surface area contributed by atoms with E-state index in [9.17, 15) is 4.79 Å². The first-order chi connectivity index (χ1) is 13.4. The van der Waals surface area contributed by atoms with E-state index in [1.807, 2.05) is 38.1 Å². The molecule has 6 nitrogen and oxygen atoms in total. The standard InChI is InChI=1S/C19H18ClN5OS2/c1-11-4-6-14(7-5-11)10-25-16(20)15(12(2)24-25)17(26)23-19-22-13(3)18(28-19)27-9-8-21/h4-7H,9-10H2,1-3H3,(H,22,23,26). The number of amides is 1. The van der Waals surface area contributed by atoms with Gasteiger partial charge in [0.05, 0.1) is 39.5 Å². The number of carbonyl (C=O) groups is 1. The highest BCUT2D eigenvalue weighted by molar-refractivity contribution is 8.01. The second-order valence-electron chi connectivity index (χ2n) is 6.19. The van der Waals surface area contributed by atoms with Gasteiger partial charge in [-0.1, -0.05) is 64.5 Å². The molecule has 1 N–H and O–H groups in total. The molecule has 28 heavy (non-hydrogen) atoms. The van der Waals surface area contributed by atoms with Crippen molar-refractivity contribution in [3.8, 4) is 6.07 Å². The Morgan fingerprint density at radius 2 is 2.00 bits per heavy atom. The van der Waals surface area contributed by atoms with Gasteiger partial charge in [0, 0.05) is 0 Å². The highest BCUT2D eigenvalue weighted by atomic mass is 35.5. The summed E-state index contributed by atoms with van der Waals surface area (Å²) >= 11 is 9.21. The van der Waals surface area contributed by atoms with Gasteiger partial charge in [-0.15, -0.1) is 0 Å². The molecule has 0 atom stereocenters. The summed E-state index contributed by atoms with van der Waals surface area (Å²) in [5.41, 5.74) is 3.92. The molecule has 3 rings (SSSR count). The summed E-state index contributed by atoms with van der Waals surface area (Å²) in [5, 5.41) is 16.7. The molecule has 144 valence electrons. The number of nitrogens with zero attached hydrogens (tertiary/aromatic N) is 4. The zero-order chi connectivity index (χ0) is 20.3. The molecular weight excluding hydrogens is 414 g/mol. The molecule has 0 saturated heterocycles.